The SMILES string of the molecule is CCCC1(C)CC=C=CN1C1CCCCC1. The van der Waals surface area contributed by atoms with Crippen LogP contribution in [0.3, 0.4) is 0 Å². The molecule has 2 aliphatic rings. The van der Waals surface area contributed by atoms with E-state index in [1.807, 2.05) is 0 Å². The summed E-state index contributed by atoms with van der Waals surface area (Å²) in [6, 6.07) is 0.784. The Labute approximate surface area is 100 Å². The number of nitrogens with zero attached hydrogens (tertiary/aromatic N) is 1. The Hall–Kier alpha value is -0.680. The van der Waals surface area contributed by atoms with Crippen LogP contribution in [0.1, 0.15) is 65.2 Å². The van der Waals surface area contributed by atoms with Gasteiger partial charge in [0, 0.05) is 17.8 Å². The third kappa shape index (κ3) is 2.35. The standard InChI is InChI=1S/C15H25N/c1-3-11-15(2)12-7-8-13-16(15)14-9-5-4-6-10-14/h7,13-14H,3-6,9-12H2,1-2H3. The van der Waals surface area contributed by atoms with Gasteiger partial charge in [-0.05, 0) is 38.7 Å². The van der Waals surface area contributed by atoms with Gasteiger partial charge in [-0.3, -0.25) is 0 Å². The van der Waals surface area contributed by atoms with Gasteiger partial charge in [-0.2, -0.15) is 0 Å². The first kappa shape index (κ1) is 11.8. The van der Waals surface area contributed by atoms with E-state index in [0.717, 1.165) is 6.04 Å². The molecule has 0 aromatic heterocycles. The summed E-state index contributed by atoms with van der Waals surface area (Å²) in [4.78, 5) is 2.63. The lowest BCUT2D eigenvalue weighted by molar-refractivity contribution is 0.0788. The molecular formula is C15H25N. The van der Waals surface area contributed by atoms with Gasteiger partial charge < -0.3 is 4.90 Å². The van der Waals surface area contributed by atoms with Crippen LogP contribution in [0.5, 0.6) is 0 Å². The van der Waals surface area contributed by atoms with E-state index in [1.54, 1.807) is 0 Å². The highest BCUT2D eigenvalue weighted by atomic mass is 15.2. The molecule has 1 aliphatic heterocycles. The highest BCUT2D eigenvalue weighted by molar-refractivity contribution is 5.06. The molecule has 2 rings (SSSR count). The molecule has 90 valence electrons. The van der Waals surface area contributed by atoms with Crippen LogP contribution in [0, 0.1) is 0 Å². The molecule has 0 amide bonds. The van der Waals surface area contributed by atoms with Crippen LogP contribution in [0.4, 0.5) is 0 Å². The van der Waals surface area contributed by atoms with Gasteiger partial charge in [0.1, 0.15) is 0 Å². The van der Waals surface area contributed by atoms with Gasteiger partial charge in [0.15, 0.2) is 0 Å². The van der Waals surface area contributed by atoms with E-state index < -0.39 is 0 Å². The van der Waals surface area contributed by atoms with Crippen molar-refractivity contribution in [1.82, 2.24) is 4.90 Å². The first-order valence-corrected chi connectivity index (χ1v) is 6.96. The summed E-state index contributed by atoms with van der Waals surface area (Å²) in [7, 11) is 0. The van der Waals surface area contributed by atoms with E-state index in [9.17, 15) is 0 Å². The normalized spacial score (nSPS) is 31.0. The molecule has 16 heavy (non-hydrogen) atoms. The third-order valence-electron chi connectivity index (χ3n) is 4.25. The molecule has 0 bridgehead atoms. The Morgan fingerprint density at radius 1 is 1.31 bits per heavy atom. The van der Waals surface area contributed by atoms with E-state index in [2.05, 4.69) is 36.8 Å². The topological polar surface area (TPSA) is 3.24 Å². The zero-order valence-electron chi connectivity index (χ0n) is 10.8. The van der Waals surface area contributed by atoms with Crippen LogP contribution in [0.2, 0.25) is 0 Å². The van der Waals surface area contributed by atoms with Crippen molar-refractivity contribution in [2.24, 2.45) is 0 Å². The second kappa shape index (κ2) is 5.10. The van der Waals surface area contributed by atoms with Crippen LogP contribution in [0.15, 0.2) is 18.0 Å². The lowest BCUT2D eigenvalue weighted by Gasteiger charge is -2.47. The molecule has 0 spiro atoms. The molecule has 1 aliphatic carbocycles. The van der Waals surface area contributed by atoms with Gasteiger partial charge in [0.25, 0.3) is 0 Å². The predicted molar refractivity (Wildman–Crippen MR) is 69.3 cm³/mol. The number of hydrogen-bond donors (Lipinski definition) is 0. The number of hydrogen-bond acceptors (Lipinski definition) is 1. The fraction of sp³-hybridized carbons (Fsp3) is 0.800. The van der Waals surface area contributed by atoms with Crippen molar-refractivity contribution in [2.75, 3.05) is 0 Å². The Morgan fingerprint density at radius 3 is 2.75 bits per heavy atom. The second-order valence-electron chi connectivity index (χ2n) is 5.65. The van der Waals surface area contributed by atoms with Crippen LogP contribution in [0.25, 0.3) is 0 Å². The maximum atomic E-state index is 3.32. The zero-order chi connectivity index (χ0) is 11.4. The predicted octanol–water partition coefficient (Wildman–Crippen LogP) is 4.25. The van der Waals surface area contributed by atoms with Crippen LogP contribution < -0.4 is 0 Å². The molecule has 0 N–H and O–H groups in total. The van der Waals surface area contributed by atoms with Crippen LogP contribution in [-0.2, 0) is 0 Å². The summed E-state index contributed by atoms with van der Waals surface area (Å²) in [6.45, 7) is 4.73. The summed E-state index contributed by atoms with van der Waals surface area (Å²) in [6.07, 6.45) is 15.3. The molecule has 1 atom stereocenters. The molecule has 0 aromatic rings. The van der Waals surface area contributed by atoms with Gasteiger partial charge >= 0.3 is 0 Å². The molecule has 1 heterocycles. The summed E-state index contributed by atoms with van der Waals surface area (Å²) in [5.41, 5.74) is 3.68. The van der Waals surface area contributed by atoms with Crippen molar-refractivity contribution in [3.05, 3.63) is 18.0 Å². The van der Waals surface area contributed by atoms with Crippen molar-refractivity contribution in [3.8, 4) is 0 Å². The maximum Gasteiger partial charge on any atom is 0.0427 e. The molecular weight excluding hydrogens is 194 g/mol. The van der Waals surface area contributed by atoms with Crippen molar-refractivity contribution >= 4 is 0 Å². The van der Waals surface area contributed by atoms with Gasteiger partial charge in [0.05, 0.1) is 0 Å². The first-order chi connectivity index (χ1) is 7.76. The van der Waals surface area contributed by atoms with Gasteiger partial charge in [-0.1, -0.05) is 32.6 Å². The molecule has 0 aromatic carbocycles. The third-order valence-corrected chi connectivity index (χ3v) is 4.25. The average Bonchev–Trinajstić information content (AvgIpc) is 2.31. The van der Waals surface area contributed by atoms with Crippen molar-refractivity contribution in [1.29, 1.82) is 0 Å². The van der Waals surface area contributed by atoms with Gasteiger partial charge in [0.2, 0.25) is 0 Å². The summed E-state index contributed by atoms with van der Waals surface area (Å²) in [5.74, 6) is 0. The monoisotopic (exact) mass is 219 g/mol. The van der Waals surface area contributed by atoms with Crippen molar-refractivity contribution < 1.29 is 0 Å². The molecule has 1 fully saturated rings. The van der Waals surface area contributed by atoms with Crippen molar-refractivity contribution in [3.63, 3.8) is 0 Å². The van der Waals surface area contributed by atoms with E-state index in [0.29, 0.717) is 5.54 Å². The second-order valence-corrected chi connectivity index (χ2v) is 5.65. The summed E-state index contributed by atoms with van der Waals surface area (Å²) >= 11 is 0. The molecule has 1 saturated carbocycles. The van der Waals surface area contributed by atoms with Crippen molar-refractivity contribution in [2.45, 2.75) is 76.8 Å². The van der Waals surface area contributed by atoms with Gasteiger partial charge in [-0.15, -0.1) is 5.73 Å². The summed E-state index contributed by atoms with van der Waals surface area (Å²) < 4.78 is 0. The van der Waals surface area contributed by atoms with E-state index in [1.165, 1.54) is 51.4 Å². The maximum absolute atomic E-state index is 3.32. The lowest BCUT2D eigenvalue weighted by atomic mass is 9.84. The number of rotatable bonds is 3. The smallest absolute Gasteiger partial charge is 0.0427 e. The fourth-order valence-corrected chi connectivity index (χ4v) is 3.35. The minimum absolute atomic E-state index is 0.363. The van der Waals surface area contributed by atoms with Crippen LogP contribution >= 0.6 is 0 Å². The Kier molecular flexibility index (Phi) is 3.76. The van der Waals surface area contributed by atoms with Gasteiger partial charge in [-0.25, -0.2) is 0 Å². The Balaban J connectivity index is 2.11. The molecule has 1 unspecified atom stereocenters. The molecule has 1 heteroatoms. The van der Waals surface area contributed by atoms with E-state index >= 15 is 0 Å². The fourth-order valence-electron chi connectivity index (χ4n) is 3.35. The largest absolute Gasteiger partial charge is 0.362 e. The molecule has 0 saturated heterocycles. The Bertz CT molecular complexity index is 282. The summed E-state index contributed by atoms with van der Waals surface area (Å²) in [5, 5.41) is 0. The van der Waals surface area contributed by atoms with Crippen LogP contribution in [-0.4, -0.2) is 16.5 Å². The van der Waals surface area contributed by atoms with E-state index in [-0.39, 0.29) is 0 Å². The zero-order valence-corrected chi connectivity index (χ0v) is 10.8. The quantitative estimate of drug-likeness (QED) is 0.641. The highest BCUT2D eigenvalue weighted by Gasteiger charge is 2.34. The Morgan fingerprint density at radius 2 is 2.06 bits per heavy atom. The minimum atomic E-state index is 0.363. The average molecular weight is 219 g/mol. The molecule has 1 nitrogen and oxygen atoms in total. The first-order valence-electron chi connectivity index (χ1n) is 6.96. The minimum Gasteiger partial charge on any atom is -0.362 e. The lowest BCUT2D eigenvalue weighted by Crippen LogP contribution is -2.49. The highest BCUT2D eigenvalue weighted by Crippen LogP contribution is 2.35. The van der Waals surface area contributed by atoms with E-state index in [4.69, 9.17) is 0 Å². The molecule has 0 radical (unpaired) electrons.